The van der Waals surface area contributed by atoms with Crippen molar-refractivity contribution >= 4 is 11.8 Å². The molecule has 0 spiro atoms. The third kappa shape index (κ3) is 8.67. The molecule has 5 nitrogen and oxygen atoms in total. The lowest BCUT2D eigenvalue weighted by atomic mass is 10.0. The molecule has 1 rings (SSSR count). The highest BCUT2D eigenvalue weighted by molar-refractivity contribution is 5.85. The Bertz CT molecular complexity index is 379. The van der Waals surface area contributed by atoms with E-state index in [1.807, 2.05) is 13.8 Å². The van der Waals surface area contributed by atoms with Crippen LogP contribution in [0.5, 0.6) is 0 Å². The number of hydrogen-bond donors (Lipinski definition) is 2. The van der Waals surface area contributed by atoms with Crippen LogP contribution >= 0.6 is 0 Å². The van der Waals surface area contributed by atoms with Gasteiger partial charge < -0.3 is 15.4 Å². The molecule has 140 valence electrons. The van der Waals surface area contributed by atoms with Crippen molar-refractivity contribution in [1.29, 1.82) is 0 Å². The molecular weight excluding hydrogens is 304 g/mol. The summed E-state index contributed by atoms with van der Waals surface area (Å²) in [5.41, 5.74) is -0.00928. The summed E-state index contributed by atoms with van der Waals surface area (Å²) in [6, 6.07) is 0. The summed E-state index contributed by atoms with van der Waals surface area (Å²) in [6.07, 6.45) is 9.95. The standard InChI is InChI=1S/C19H36N2O3/c1-4-19(11-12-19)18(23)21-14-10-8-6-5-7-9-13-20-17(22)15-24-16(2)3/h16H,4-15H2,1-3H3,(H,20,22)(H,21,23). The van der Waals surface area contributed by atoms with E-state index in [9.17, 15) is 9.59 Å². The van der Waals surface area contributed by atoms with Crippen molar-refractivity contribution < 1.29 is 14.3 Å². The first-order valence-corrected chi connectivity index (χ1v) is 9.67. The fourth-order valence-corrected chi connectivity index (χ4v) is 2.76. The van der Waals surface area contributed by atoms with Crippen LogP contribution in [-0.2, 0) is 14.3 Å². The number of hydrogen-bond acceptors (Lipinski definition) is 3. The summed E-state index contributed by atoms with van der Waals surface area (Å²) in [4.78, 5) is 23.4. The first kappa shape index (κ1) is 20.9. The van der Waals surface area contributed by atoms with Gasteiger partial charge in [0, 0.05) is 18.5 Å². The fraction of sp³-hybridized carbons (Fsp3) is 0.895. The summed E-state index contributed by atoms with van der Waals surface area (Å²) >= 11 is 0. The SMILES string of the molecule is CCC1(C(=O)NCCCCCCCCNC(=O)COC(C)C)CC1. The van der Waals surface area contributed by atoms with Crippen LogP contribution in [0.15, 0.2) is 0 Å². The Morgan fingerprint density at radius 3 is 2.00 bits per heavy atom. The van der Waals surface area contributed by atoms with Crippen LogP contribution in [0.2, 0.25) is 0 Å². The van der Waals surface area contributed by atoms with Crippen molar-refractivity contribution in [3.63, 3.8) is 0 Å². The number of nitrogens with one attached hydrogen (secondary N) is 2. The van der Waals surface area contributed by atoms with Crippen molar-refractivity contribution in [2.75, 3.05) is 19.7 Å². The zero-order chi connectivity index (χ0) is 17.8. The van der Waals surface area contributed by atoms with Crippen LogP contribution in [0.25, 0.3) is 0 Å². The zero-order valence-corrected chi connectivity index (χ0v) is 15.8. The summed E-state index contributed by atoms with van der Waals surface area (Å²) in [7, 11) is 0. The lowest BCUT2D eigenvalue weighted by Gasteiger charge is -2.12. The molecule has 0 aromatic rings. The van der Waals surface area contributed by atoms with Gasteiger partial charge in [0.2, 0.25) is 11.8 Å². The second-order valence-corrected chi connectivity index (χ2v) is 7.22. The highest BCUT2D eigenvalue weighted by atomic mass is 16.5. The van der Waals surface area contributed by atoms with Gasteiger partial charge in [-0.1, -0.05) is 32.6 Å². The van der Waals surface area contributed by atoms with Gasteiger partial charge in [0.05, 0.1) is 6.10 Å². The summed E-state index contributed by atoms with van der Waals surface area (Å²) in [5.74, 6) is 0.238. The predicted molar refractivity (Wildman–Crippen MR) is 96.8 cm³/mol. The average molecular weight is 341 g/mol. The average Bonchev–Trinajstić information content (AvgIpc) is 3.35. The Balaban J connectivity index is 1.82. The van der Waals surface area contributed by atoms with Gasteiger partial charge in [-0.05, 0) is 46.0 Å². The highest BCUT2D eigenvalue weighted by Crippen LogP contribution is 2.48. The molecular formula is C19H36N2O3. The van der Waals surface area contributed by atoms with Gasteiger partial charge in [0.25, 0.3) is 0 Å². The van der Waals surface area contributed by atoms with E-state index in [4.69, 9.17) is 4.74 Å². The topological polar surface area (TPSA) is 67.4 Å². The molecule has 1 fully saturated rings. The number of carbonyl (C=O) groups excluding carboxylic acids is 2. The number of unbranched alkanes of at least 4 members (excludes halogenated alkanes) is 5. The number of ether oxygens (including phenoxy) is 1. The maximum atomic E-state index is 11.9. The molecule has 2 N–H and O–H groups in total. The van der Waals surface area contributed by atoms with E-state index < -0.39 is 0 Å². The number of amides is 2. The molecule has 0 radical (unpaired) electrons. The van der Waals surface area contributed by atoms with Crippen molar-refractivity contribution in [3.05, 3.63) is 0 Å². The van der Waals surface area contributed by atoms with Crippen molar-refractivity contribution in [1.82, 2.24) is 10.6 Å². The summed E-state index contributed by atoms with van der Waals surface area (Å²) in [6.45, 7) is 7.65. The molecule has 0 aliphatic heterocycles. The fourth-order valence-electron chi connectivity index (χ4n) is 2.76. The first-order valence-electron chi connectivity index (χ1n) is 9.67. The molecule has 0 aromatic carbocycles. The van der Waals surface area contributed by atoms with Crippen molar-refractivity contribution in [2.24, 2.45) is 5.41 Å². The van der Waals surface area contributed by atoms with E-state index in [2.05, 4.69) is 17.6 Å². The largest absolute Gasteiger partial charge is 0.369 e. The van der Waals surface area contributed by atoms with Gasteiger partial charge in [-0.2, -0.15) is 0 Å². The van der Waals surface area contributed by atoms with Crippen LogP contribution in [0.4, 0.5) is 0 Å². The molecule has 0 saturated heterocycles. The van der Waals surface area contributed by atoms with Gasteiger partial charge in [-0.3, -0.25) is 9.59 Å². The van der Waals surface area contributed by atoms with Gasteiger partial charge in [-0.25, -0.2) is 0 Å². The second-order valence-electron chi connectivity index (χ2n) is 7.22. The van der Waals surface area contributed by atoms with Crippen LogP contribution in [0.3, 0.4) is 0 Å². The van der Waals surface area contributed by atoms with E-state index in [0.29, 0.717) is 0 Å². The zero-order valence-electron chi connectivity index (χ0n) is 15.8. The Morgan fingerprint density at radius 1 is 0.958 bits per heavy atom. The molecule has 1 saturated carbocycles. The monoisotopic (exact) mass is 340 g/mol. The van der Waals surface area contributed by atoms with Gasteiger partial charge in [0.15, 0.2) is 0 Å². The molecule has 0 heterocycles. The smallest absolute Gasteiger partial charge is 0.246 e. The Hall–Kier alpha value is -1.10. The van der Waals surface area contributed by atoms with Gasteiger partial charge in [-0.15, -0.1) is 0 Å². The molecule has 24 heavy (non-hydrogen) atoms. The Labute approximate surface area is 147 Å². The highest BCUT2D eigenvalue weighted by Gasteiger charge is 2.47. The second kappa shape index (κ2) is 11.5. The van der Waals surface area contributed by atoms with Crippen LogP contribution in [0, 0.1) is 5.41 Å². The maximum absolute atomic E-state index is 11.9. The van der Waals surface area contributed by atoms with Gasteiger partial charge in [0.1, 0.15) is 6.61 Å². The van der Waals surface area contributed by atoms with Crippen LogP contribution < -0.4 is 10.6 Å². The summed E-state index contributed by atoms with van der Waals surface area (Å²) in [5, 5.41) is 5.96. The molecule has 1 aliphatic rings. The molecule has 1 aliphatic carbocycles. The normalized spacial score (nSPS) is 15.3. The van der Waals surface area contributed by atoms with Gasteiger partial charge >= 0.3 is 0 Å². The van der Waals surface area contributed by atoms with E-state index in [1.165, 1.54) is 12.8 Å². The molecule has 0 aromatic heterocycles. The molecule has 0 bridgehead atoms. The van der Waals surface area contributed by atoms with E-state index in [0.717, 1.165) is 58.0 Å². The minimum absolute atomic E-state index is 0.00928. The number of rotatable bonds is 14. The minimum Gasteiger partial charge on any atom is -0.369 e. The minimum atomic E-state index is -0.0278. The quantitative estimate of drug-likeness (QED) is 0.477. The van der Waals surface area contributed by atoms with E-state index >= 15 is 0 Å². The first-order chi connectivity index (χ1) is 11.5. The van der Waals surface area contributed by atoms with Crippen LogP contribution in [-0.4, -0.2) is 37.6 Å². The predicted octanol–water partition coefficient (Wildman–Crippen LogP) is 3.17. The Kier molecular flexibility index (Phi) is 9.99. The lowest BCUT2D eigenvalue weighted by Crippen LogP contribution is -2.32. The molecule has 0 atom stereocenters. The third-order valence-electron chi connectivity index (χ3n) is 4.77. The van der Waals surface area contributed by atoms with Crippen molar-refractivity contribution in [2.45, 2.75) is 84.7 Å². The van der Waals surface area contributed by atoms with E-state index in [1.54, 1.807) is 0 Å². The maximum Gasteiger partial charge on any atom is 0.246 e. The molecule has 0 unspecified atom stereocenters. The summed E-state index contributed by atoms with van der Waals surface area (Å²) < 4.78 is 5.24. The number of carbonyl (C=O) groups is 2. The molecule has 2 amide bonds. The van der Waals surface area contributed by atoms with Crippen LogP contribution in [0.1, 0.15) is 78.6 Å². The molecule has 5 heteroatoms. The van der Waals surface area contributed by atoms with Crippen molar-refractivity contribution in [3.8, 4) is 0 Å². The Morgan fingerprint density at radius 2 is 1.50 bits per heavy atom. The third-order valence-corrected chi connectivity index (χ3v) is 4.77. The lowest BCUT2D eigenvalue weighted by molar-refractivity contribution is -0.127. The van der Waals surface area contributed by atoms with E-state index in [-0.39, 0.29) is 29.9 Å².